The van der Waals surface area contributed by atoms with Gasteiger partial charge in [-0.1, -0.05) is 17.3 Å². The van der Waals surface area contributed by atoms with Gasteiger partial charge in [0, 0.05) is 41.9 Å². The van der Waals surface area contributed by atoms with Crippen molar-refractivity contribution in [1.29, 1.82) is 0 Å². The number of piperazine rings is 1. The number of aryl methyl sites for hydroxylation is 2. The second-order valence-corrected chi connectivity index (χ2v) is 7.21. The molecule has 0 spiro atoms. The summed E-state index contributed by atoms with van der Waals surface area (Å²) in [4.78, 5) is 15.9. The lowest BCUT2D eigenvalue weighted by atomic mass is 10.1. The molecule has 0 radical (unpaired) electrons. The first-order chi connectivity index (χ1) is 11.6. The number of carbonyl (C=O) groups excluding carboxylic acids is 1. The Kier molecular flexibility index (Phi) is 5.26. The van der Waals surface area contributed by atoms with E-state index in [1.807, 2.05) is 43.0 Å². The van der Waals surface area contributed by atoms with Gasteiger partial charge in [0.25, 0.3) is 5.91 Å². The summed E-state index contributed by atoms with van der Waals surface area (Å²) in [6.07, 6.45) is 0. The van der Waals surface area contributed by atoms with Crippen LogP contribution in [-0.2, 0) is 5.75 Å². The number of nitrogens with one attached hydrogen (secondary N) is 1. The van der Waals surface area contributed by atoms with E-state index in [0.717, 1.165) is 52.9 Å². The summed E-state index contributed by atoms with van der Waals surface area (Å²) in [5, 5.41) is 7.37. The van der Waals surface area contributed by atoms with Crippen molar-refractivity contribution in [2.75, 3.05) is 19.6 Å². The molecule has 0 aliphatic carbocycles. The molecule has 128 valence electrons. The van der Waals surface area contributed by atoms with Gasteiger partial charge in [-0.15, -0.1) is 11.8 Å². The Morgan fingerprint density at radius 3 is 2.92 bits per heavy atom. The Morgan fingerprint density at radius 1 is 1.42 bits per heavy atom. The molecule has 0 bridgehead atoms. The van der Waals surface area contributed by atoms with Gasteiger partial charge < -0.3 is 14.7 Å². The summed E-state index contributed by atoms with van der Waals surface area (Å²) in [5.74, 6) is 1.72. The Balaban J connectivity index is 1.76. The van der Waals surface area contributed by atoms with Crippen LogP contribution in [0, 0.1) is 13.8 Å². The third-order valence-electron chi connectivity index (χ3n) is 4.33. The maximum Gasteiger partial charge on any atom is 0.255 e. The summed E-state index contributed by atoms with van der Waals surface area (Å²) in [5.41, 5.74) is 2.81. The average Bonchev–Trinajstić information content (AvgIpc) is 2.91. The lowest BCUT2D eigenvalue weighted by Gasteiger charge is -2.32. The highest BCUT2D eigenvalue weighted by molar-refractivity contribution is 7.98. The standard InChI is InChI=1S/C18H23N3O2S/c1-12-10-21(9-8-19-12)18(22)15-6-4-5-7-17(15)24-11-16-13(2)20-23-14(16)3/h4-7,12,19H,8-11H2,1-3H3. The molecule has 1 fully saturated rings. The van der Waals surface area contributed by atoms with Crippen LogP contribution in [-0.4, -0.2) is 41.6 Å². The summed E-state index contributed by atoms with van der Waals surface area (Å²) < 4.78 is 5.22. The highest BCUT2D eigenvalue weighted by atomic mass is 32.2. The van der Waals surface area contributed by atoms with E-state index < -0.39 is 0 Å². The molecule has 1 unspecified atom stereocenters. The number of aromatic nitrogens is 1. The van der Waals surface area contributed by atoms with E-state index >= 15 is 0 Å². The van der Waals surface area contributed by atoms with Gasteiger partial charge in [0.2, 0.25) is 0 Å². The fourth-order valence-electron chi connectivity index (χ4n) is 2.91. The van der Waals surface area contributed by atoms with Gasteiger partial charge in [-0.05, 0) is 32.9 Å². The fourth-order valence-corrected chi connectivity index (χ4v) is 4.11. The molecule has 6 heteroatoms. The Bertz CT molecular complexity index is 709. The summed E-state index contributed by atoms with van der Waals surface area (Å²) >= 11 is 1.66. The van der Waals surface area contributed by atoms with Gasteiger partial charge in [0.1, 0.15) is 5.76 Å². The van der Waals surface area contributed by atoms with E-state index in [4.69, 9.17) is 4.52 Å². The van der Waals surface area contributed by atoms with Crippen LogP contribution < -0.4 is 5.32 Å². The molecule has 1 aliphatic rings. The Morgan fingerprint density at radius 2 is 2.21 bits per heavy atom. The van der Waals surface area contributed by atoms with E-state index in [0.29, 0.717) is 6.04 Å². The molecular weight excluding hydrogens is 322 g/mol. The van der Waals surface area contributed by atoms with E-state index in [1.54, 1.807) is 11.8 Å². The van der Waals surface area contributed by atoms with Crippen molar-refractivity contribution in [2.24, 2.45) is 0 Å². The fraction of sp³-hybridized carbons (Fsp3) is 0.444. The molecule has 0 saturated carbocycles. The number of benzene rings is 1. The maximum atomic E-state index is 12.9. The first-order valence-corrected chi connectivity index (χ1v) is 9.21. The minimum Gasteiger partial charge on any atom is -0.361 e. The van der Waals surface area contributed by atoms with Crippen molar-refractivity contribution in [3.63, 3.8) is 0 Å². The second kappa shape index (κ2) is 7.40. The van der Waals surface area contributed by atoms with Gasteiger partial charge in [-0.25, -0.2) is 0 Å². The second-order valence-electron chi connectivity index (χ2n) is 6.19. The molecule has 1 atom stereocenters. The molecular formula is C18H23N3O2S. The summed E-state index contributed by atoms with van der Waals surface area (Å²) in [6.45, 7) is 8.34. The number of hydrogen-bond acceptors (Lipinski definition) is 5. The van der Waals surface area contributed by atoms with Crippen molar-refractivity contribution in [1.82, 2.24) is 15.4 Å². The van der Waals surface area contributed by atoms with E-state index in [-0.39, 0.29) is 5.91 Å². The van der Waals surface area contributed by atoms with E-state index in [1.165, 1.54) is 0 Å². The highest BCUT2D eigenvalue weighted by Gasteiger charge is 2.23. The number of carbonyl (C=O) groups is 1. The van der Waals surface area contributed by atoms with Gasteiger partial charge in [-0.2, -0.15) is 0 Å². The number of nitrogens with zero attached hydrogens (tertiary/aromatic N) is 2. The lowest BCUT2D eigenvalue weighted by Crippen LogP contribution is -2.51. The van der Waals surface area contributed by atoms with Crippen LogP contribution in [0.25, 0.3) is 0 Å². The number of rotatable bonds is 4. The average molecular weight is 345 g/mol. The lowest BCUT2D eigenvalue weighted by molar-refractivity contribution is 0.0705. The molecule has 1 amide bonds. The molecule has 1 N–H and O–H groups in total. The minimum absolute atomic E-state index is 0.116. The third kappa shape index (κ3) is 3.65. The van der Waals surface area contributed by atoms with Crippen LogP contribution in [0.15, 0.2) is 33.7 Å². The molecule has 1 saturated heterocycles. The molecule has 24 heavy (non-hydrogen) atoms. The highest BCUT2D eigenvalue weighted by Crippen LogP contribution is 2.29. The number of hydrogen-bond donors (Lipinski definition) is 1. The van der Waals surface area contributed by atoms with Gasteiger partial charge in [0.05, 0.1) is 11.3 Å². The van der Waals surface area contributed by atoms with Crippen molar-refractivity contribution in [3.05, 3.63) is 46.8 Å². The zero-order valence-corrected chi connectivity index (χ0v) is 15.2. The topological polar surface area (TPSA) is 58.4 Å². The summed E-state index contributed by atoms with van der Waals surface area (Å²) in [7, 11) is 0. The summed E-state index contributed by atoms with van der Waals surface area (Å²) in [6, 6.07) is 8.18. The smallest absolute Gasteiger partial charge is 0.255 e. The molecule has 3 rings (SSSR count). The third-order valence-corrected chi connectivity index (χ3v) is 5.43. The van der Waals surface area contributed by atoms with E-state index in [9.17, 15) is 4.79 Å². The first-order valence-electron chi connectivity index (χ1n) is 8.22. The molecule has 2 heterocycles. The van der Waals surface area contributed by atoms with Crippen LogP contribution in [0.2, 0.25) is 0 Å². The Labute approximate surface area is 146 Å². The number of thioether (sulfide) groups is 1. The molecule has 1 aliphatic heterocycles. The monoisotopic (exact) mass is 345 g/mol. The molecule has 1 aromatic carbocycles. The van der Waals surface area contributed by atoms with Crippen molar-refractivity contribution >= 4 is 17.7 Å². The molecule has 5 nitrogen and oxygen atoms in total. The minimum atomic E-state index is 0.116. The number of amides is 1. The van der Waals surface area contributed by atoms with Crippen LogP contribution in [0.1, 0.15) is 34.3 Å². The van der Waals surface area contributed by atoms with Gasteiger partial charge >= 0.3 is 0 Å². The van der Waals surface area contributed by atoms with Gasteiger partial charge in [0.15, 0.2) is 0 Å². The predicted molar refractivity (Wildman–Crippen MR) is 95.3 cm³/mol. The van der Waals surface area contributed by atoms with Crippen LogP contribution in [0.5, 0.6) is 0 Å². The zero-order valence-electron chi connectivity index (χ0n) is 14.3. The van der Waals surface area contributed by atoms with Gasteiger partial charge in [-0.3, -0.25) is 4.79 Å². The van der Waals surface area contributed by atoms with Crippen LogP contribution in [0.3, 0.4) is 0 Å². The van der Waals surface area contributed by atoms with Crippen LogP contribution in [0.4, 0.5) is 0 Å². The largest absolute Gasteiger partial charge is 0.361 e. The predicted octanol–water partition coefficient (Wildman–Crippen LogP) is 3.02. The van der Waals surface area contributed by atoms with E-state index in [2.05, 4.69) is 17.4 Å². The van der Waals surface area contributed by atoms with Crippen molar-refractivity contribution < 1.29 is 9.32 Å². The first kappa shape index (κ1) is 17.0. The normalized spacial score (nSPS) is 18.0. The van der Waals surface area contributed by atoms with Crippen molar-refractivity contribution in [3.8, 4) is 0 Å². The molecule has 1 aromatic heterocycles. The van der Waals surface area contributed by atoms with Crippen molar-refractivity contribution in [2.45, 2.75) is 37.5 Å². The maximum absolute atomic E-state index is 12.9. The van der Waals surface area contributed by atoms with Crippen LogP contribution >= 0.6 is 11.8 Å². The molecule has 2 aromatic rings. The Hall–Kier alpha value is -1.79. The zero-order chi connectivity index (χ0) is 17.1. The quantitative estimate of drug-likeness (QED) is 0.863. The SMILES string of the molecule is Cc1noc(C)c1CSc1ccccc1C(=O)N1CCNC(C)C1.